The van der Waals surface area contributed by atoms with E-state index in [2.05, 4.69) is 37.0 Å². The number of likely N-dealkylation sites (tertiary alicyclic amines) is 1. The van der Waals surface area contributed by atoms with Gasteiger partial charge in [-0.05, 0) is 37.5 Å². The summed E-state index contributed by atoms with van der Waals surface area (Å²) in [6.45, 7) is 7.38. The number of rotatable bonds is 6. The fourth-order valence-corrected chi connectivity index (χ4v) is 4.56. The van der Waals surface area contributed by atoms with Gasteiger partial charge in [0.1, 0.15) is 5.75 Å². The van der Waals surface area contributed by atoms with Gasteiger partial charge >= 0.3 is 0 Å². The molecule has 2 aliphatic heterocycles. The van der Waals surface area contributed by atoms with E-state index in [-0.39, 0.29) is 11.9 Å². The quantitative estimate of drug-likeness (QED) is 0.702. The molecule has 0 aliphatic carbocycles. The van der Waals surface area contributed by atoms with Gasteiger partial charge in [-0.1, -0.05) is 30.1 Å². The lowest BCUT2D eigenvalue weighted by molar-refractivity contribution is -0.135. The summed E-state index contributed by atoms with van der Waals surface area (Å²) in [6, 6.07) is 8.35. The Morgan fingerprint density at radius 3 is 2.48 bits per heavy atom. The molecule has 8 heteroatoms. The van der Waals surface area contributed by atoms with E-state index in [9.17, 15) is 4.79 Å². The van der Waals surface area contributed by atoms with Crippen molar-refractivity contribution in [1.29, 1.82) is 0 Å². The first kappa shape index (κ1) is 21.8. The Bertz CT molecular complexity index is 845. The van der Waals surface area contributed by atoms with Gasteiger partial charge in [-0.25, -0.2) is 0 Å². The summed E-state index contributed by atoms with van der Waals surface area (Å²) in [6.07, 6.45) is 4.45. The zero-order valence-electron chi connectivity index (χ0n) is 18.6. The van der Waals surface area contributed by atoms with Gasteiger partial charge in [0.2, 0.25) is 11.8 Å². The summed E-state index contributed by atoms with van der Waals surface area (Å²) in [4.78, 5) is 24.3. The van der Waals surface area contributed by atoms with Crippen LogP contribution in [0.4, 0.5) is 0 Å². The van der Waals surface area contributed by atoms with E-state index in [1.165, 1.54) is 12.0 Å². The third-order valence-electron chi connectivity index (χ3n) is 6.33. The zero-order chi connectivity index (χ0) is 21.6. The van der Waals surface area contributed by atoms with Crippen LogP contribution in [-0.4, -0.2) is 77.1 Å². The summed E-state index contributed by atoms with van der Waals surface area (Å²) in [5, 5.41) is 3.86. The molecule has 2 aliphatic rings. The molecule has 2 fully saturated rings. The van der Waals surface area contributed by atoms with Crippen LogP contribution in [0.3, 0.4) is 0 Å². The third kappa shape index (κ3) is 5.62. The van der Waals surface area contributed by atoms with Crippen LogP contribution in [0.5, 0.6) is 5.75 Å². The van der Waals surface area contributed by atoms with Crippen molar-refractivity contribution in [2.45, 2.75) is 45.2 Å². The number of aromatic nitrogens is 2. The first-order valence-electron chi connectivity index (χ1n) is 11.3. The molecule has 1 aromatic heterocycles. The molecule has 8 nitrogen and oxygen atoms in total. The van der Waals surface area contributed by atoms with Crippen LogP contribution in [0.15, 0.2) is 28.8 Å². The van der Waals surface area contributed by atoms with Crippen LogP contribution in [0, 0.1) is 6.92 Å². The van der Waals surface area contributed by atoms with Crippen molar-refractivity contribution in [1.82, 2.24) is 24.8 Å². The van der Waals surface area contributed by atoms with Gasteiger partial charge in [0.25, 0.3) is 0 Å². The Morgan fingerprint density at radius 1 is 1.06 bits per heavy atom. The van der Waals surface area contributed by atoms with Crippen LogP contribution in [-0.2, 0) is 11.3 Å². The number of carbonyl (C=O) groups excluding carboxylic acids is 1. The van der Waals surface area contributed by atoms with E-state index in [1.807, 2.05) is 19.1 Å². The van der Waals surface area contributed by atoms with Crippen LogP contribution in [0.25, 0.3) is 0 Å². The Morgan fingerprint density at radius 2 is 1.81 bits per heavy atom. The second kappa shape index (κ2) is 10.2. The summed E-state index contributed by atoms with van der Waals surface area (Å²) in [5.41, 5.74) is 1.20. The number of aryl methyl sites for hydroxylation is 1. The van der Waals surface area contributed by atoms with Gasteiger partial charge in [0, 0.05) is 32.7 Å². The number of methoxy groups -OCH3 is 1. The number of hydrogen-bond donors (Lipinski definition) is 0. The molecule has 0 saturated carbocycles. The van der Waals surface area contributed by atoms with E-state index in [4.69, 9.17) is 9.26 Å². The minimum absolute atomic E-state index is 0.156. The lowest BCUT2D eigenvalue weighted by atomic mass is 10.0. The second-order valence-corrected chi connectivity index (χ2v) is 8.51. The van der Waals surface area contributed by atoms with Crippen molar-refractivity contribution >= 4 is 5.91 Å². The maximum absolute atomic E-state index is 13.3. The minimum atomic E-state index is 0.156. The Kier molecular flexibility index (Phi) is 7.19. The van der Waals surface area contributed by atoms with Crippen molar-refractivity contribution in [2.75, 3.05) is 46.4 Å². The van der Waals surface area contributed by atoms with E-state index in [0.29, 0.717) is 24.8 Å². The topological polar surface area (TPSA) is 74.9 Å². The van der Waals surface area contributed by atoms with Crippen molar-refractivity contribution in [2.24, 2.45) is 0 Å². The molecule has 0 spiro atoms. The summed E-state index contributed by atoms with van der Waals surface area (Å²) in [7, 11) is 1.68. The minimum Gasteiger partial charge on any atom is -0.497 e. The zero-order valence-corrected chi connectivity index (χ0v) is 18.6. The maximum atomic E-state index is 13.3. The molecule has 168 valence electrons. The van der Waals surface area contributed by atoms with Crippen molar-refractivity contribution in [3.05, 3.63) is 41.5 Å². The second-order valence-electron chi connectivity index (χ2n) is 8.51. The molecule has 4 rings (SSSR count). The number of ether oxygens (including phenoxy) is 1. The average Bonchev–Trinajstić information content (AvgIpc) is 3.04. The SMILES string of the molecule is COc1ccc(C2CCCCCN2C(=O)CN2CCN(Cc3nc(C)no3)CC2)cc1. The molecule has 1 aromatic carbocycles. The lowest BCUT2D eigenvalue weighted by Crippen LogP contribution is -2.50. The number of carbonyl (C=O) groups is 1. The maximum Gasteiger partial charge on any atom is 0.240 e. The molecule has 2 saturated heterocycles. The number of piperazine rings is 1. The van der Waals surface area contributed by atoms with Crippen molar-refractivity contribution < 1.29 is 14.1 Å². The van der Waals surface area contributed by atoms with Crippen LogP contribution < -0.4 is 4.74 Å². The Balaban J connectivity index is 1.33. The van der Waals surface area contributed by atoms with Gasteiger partial charge in [-0.15, -0.1) is 0 Å². The number of amides is 1. The largest absolute Gasteiger partial charge is 0.497 e. The van der Waals surface area contributed by atoms with Crippen LogP contribution >= 0.6 is 0 Å². The van der Waals surface area contributed by atoms with E-state index in [0.717, 1.165) is 57.7 Å². The lowest BCUT2D eigenvalue weighted by Gasteiger charge is -2.36. The molecule has 31 heavy (non-hydrogen) atoms. The Hall–Kier alpha value is -2.45. The standard InChI is InChI=1S/C23H33N5O3/c1-18-24-22(31-25-18)16-26-12-14-27(15-13-26)17-23(29)28-11-5-3-4-6-21(28)19-7-9-20(30-2)10-8-19/h7-10,21H,3-6,11-17H2,1-2H3. The van der Waals surface area contributed by atoms with Crippen molar-refractivity contribution in [3.63, 3.8) is 0 Å². The summed E-state index contributed by atoms with van der Waals surface area (Å²) in [5.74, 6) is 2.42. The molecule has 3 heterocycles. The summed E-state index contributed by atoms with van der Waals surface area (Å²) >= 11 is 0. The van der Waals surface area contributed by atoms with Gasteiger partial charge in [-0.3, -0.25) is 14.6 Å². The van der Waals surface area contributed by atoms with Crippen LogP contribution in [0.2, 0.25) is 0 Å². The molecule has 0 radical (unpaired) electrons. The Labute approximate surface area is 184 Å². The highest BCUT2D eigenvalue weighted by atomic mass is 16.5. The highest BCUT2D eigenvalue weighted by Gasteiger charge is 2.29. The normalized spacial score (nSPS) is 21.1. The molecule has 2 aromatic rings. The van der Waals surface area contributed by atoms with Crippen LogP contribution in [0.1, 0.15) is 49.0 Å². The highest BCUT2D eigenvalue weighted by Crippen LogP contribution is 2.31. The number of nitrogens with zero attached hydrogens (tertiary/aromatic N) is 5. The van der Waals surface area contributed by atoms with Crippen molar-refractivity contribution in [3.8, 4) is 5.75 Å². The molecule has 1 amide bonds. The first-order valence-corrected chi connectivity index (χ1v) is 11.3. The first-order chi connectivity index (χ1) is 15.1. The predicted octanol–water partition coefficient (Wildman–Crippen LogP) is 2.65. The average molecular weight is 428 g/mol. The van der Waals surface area contributed by atoms with Gasteiger partial charge in [0.05, 0.1) is 26.2 Å². The van der Waals surface area contributed by atoms with Gasteiger partial charge < -0.3 is 14.2 Å². The third-order valence-corrected chi connectivity index (χ3v) is 6.33. The molecule has 0 bridgehead atoms. The molecular formula is C23H33N5O3. The molecule has 0 N–H and O–H groups in total. The summed E-state index contributed by atoms with van der Waals surface area (Å²) < 4.78 is 10.5. The van der Waals surface area contributed by atoms with Gasteiger partial charge in [-0.2, -0.15) is 4.98 Å². The molecular weight excluding hydrogens is 394 g/mol. The monoisotopic (exact) mass is 427 g/mol. The molecule has 1 atom stereocenters. The highest BCUT2D eigenvalue weighted by molar-refractivity contribution is 5.79. The fraction of sp³-hybridized carbons (Fsp3) is 0.609. The van der Waals surface area contributed by atoms with E-state index in [1.54, 1.807) is 7.11 Å². The smallest absolute Gasteiger partial charge is 0.240 e. The van der Waals surface area contributed by atoms with Gasteiger partial charge in [0.15, 0.2) is 5.82 Å². The van der Waals surface area contributed by atoms with E-state index >= 15 is 0 Å². The number of hydrogen-bond acceptors (Lipinski definition) is 7. The predicted molar refractivity (Wildman–Crippen MR) is 117 cm³/mol. The fourth-order valence-electron chi connectivity index (χ4n) is 4.56. The van der Waals surface area contributed by atoms with E-state index < -0.39 is 0 Å². The molecule has 1 unspecified atom stereocenters. The number of benzene rings is 1.